The van der Waals surface area contributed by atoms with Crippen LogP contribution in [0.4, 0.5) is 0 Å². The maximum atomic E-state index is 12.0. The monoisotopic (exact) mass is 532 g/mol. The first-order chi connectivity index (χ1) is 11.8. The van der Waals surface area contributed by atoms with Gasteiger partial charge in [-0.25, -0.2) is 0 Å². The van der Waals surface area contributed by atoms with Crippen molar-refractivity contribution in [3.63, 3.8) is 0 Å². The summed E-state index contributed by atoms with van der Waals surface area (Å²) in [6, 6.07) is 18.1. The van der Waals surface area contributed by atoms with Crippen molar-refractivity contribution in [2.75, 3.05) is 26.2 Å². The van der Waals surface area contributed by atoms with Crippen LogP contribution in [-0.2, 0) is 11.2 Å². The summed E-state index contributed by atoms with van der Waals surface area (Å²) in [5.41, 5.74) is 5.79. The van der Waals surface area contributed by atoms with E-state index in [-0.39, 0.29) is 0 Å². The SMILES string of the molecule is O=C([CH2][RaH])N1CCN(C2c3ccccc3Cc3ccccc32)CC1. The second kappa shape index (κ2) is 7.30. The van der Waals surface area contributed by atoms with Crippen molar-refractivity contribution in [3.8, 4) is 0 Å². The summed E-state index contributed by atoms with van der Waals surface area (Å²) in [7, 11) is 0. The number of nitrogens with zero attached hydrogens (tertiary/aromatic N) is 2. The van der Waals surface area contributed by atoms with Gasteiger partial charge in [0.2, 0.25) is 0 Å². The Hall–Kier alpha value is -0.662. The second-order valence-electron chi connectivity index (χ2n) is 6.75. The minimum absolute atomic E-state index is 0.314. The normalized spacial score (nSPS) is 18.0. The number of piperazine rings is 1. The van der Waals surface area contributed by atoms with Crippen LogP contribution in [-0.4, -0.2) is 41.9 Å². The van der Waals surface area contributed by atoms with E-state index in [4.69, 9.17) is 0 Å². The topological polar surface area (TPSA) is 23.6 Å². The first-order valence-corrected chi connectivity index (χ1v) is 14.8. The van der Waals surface area contributed by atoms with Gasteiger partial charge in [-0.1, -0.05) is 0 Å². The van der Waals surface area contributed by atoms with Gasteiger partial charge in [0, 0.05) is 0 Å². The quantitative estimate of drug-likeness (QED) is 0.594. The molecule has 0 atom stereocenters. The molecule has 24 heavy (non-hydrogen) atoms. The van der Waals surface area contributed by atoms with Crippen molar-refractivity contribution >= 4 is 5.91 Å². The Morgan fingerprint density at radius 1 is 0.917 bits per heavy atom. The summed E-state index contributed by atoms with van der Waals surface area (Å²) in [4.78, 5) is 16.7. The maximum absolute atomic E-state index is 12.0. The molecule has 0 spiro atoms. The van der Waals surface area contributed by atoms with Gasteiger partial charge in [0.1, 0.15) is 0 Å². The predicted molar refractivity (Wildman–Crippen MR) is 91.9 cm³/mol. The van der Waals surface area contributed by atoms with E-state index >= 15 is 0 Å². The van der Waals surface area contributed by atoms with Gasteiger partial charge in [-0.05, 0) is 0 Å². The van der Waals surface area contributed by atoms with Gasteiger partial charge in [-0.3, -0.25) is 0 Å². The van der Waals surface area contributed by atoms with Crippen LogP contribution in [0.5, 0.6) is 0 Å². The van der Waals surface area contributed by atoms with E-state index in [2.05, 4.69) is 58.3 Å². The molecule has 2 aliphatic rings. The van der Waals surface area contributed by atoms with Gasteiger partial charge in [-0.2, -0.15) is 0 Å². The third-order valence-electron chi connectivity index (χ3n) is 5.41. The van der Waals surface area contributed by atoms with Gasteiger partial charge < -0.3 is 0 Å². The number of carbonyl (C=O) groups is 1. The predicted octanol–water partition coefficient (Wildman–Crippen LogP) is 2.52. The van der Waals surface area contributed by atoms with E-state index in [0.29, 0.717) is 54.7 Å². The molecular formula is C20H22N2ORa. The summed E-state index contributed by atoms with van der Waals surface area (Å²) in [5, 5.41) is 0. The van der Waals surface area contributed by atoms with Crippen molar-refractivity contribution < 1.29 is 47.6 Å². The fourth-order valence-electron chi connectivity index (χ4n) is 4.14. The molecule has 1 heterocycles. The average molecular weight is 532 g/mol. The fourth-order valence-corrected chi connectivity index (χ4v) is 5.98. The standard InChI is InChI=1S/C20H21N2O.Ra.H/c1-15(23)21-10-12-22(13-11-21)20-18-8-4-2-6-16(18)14-17-7-3-5-9-19(17)20;;/h2-9,20H,1,10-14H2;;. The van der Waals surface area contributed by atoms with E-state index in [0.717, 1.165) is 34.1 Å². The molecule has 0 aromatic heterocycles. The Morgan fingerprint density at radius 3 is 2.00 bits per heavy atom. The molecule has 0 unspecified atom stereocenters. The molecule has 2 aromatic rings. The van der Waals surface area contributed by atoms with Crippen LogP contribution in [0.15, 0.2) is 48.5 Å². The van der Waals surface area contributed by atoms with Crippen LogP contribution in [0.2, 0.25) is 1.46 Å². The average Bonchev–Trinajstić information content (AvgIpc) is 2.65. The van der Waals surface area contributed by atoms with Gasteiger partial charge in [0.25, 0.3) is 0 Å². The number of rotatable bonds is 2. The van der Waals surface area contributed by atoms with Crippen LogP contribution in [0.1, 0.15) is 28.3 Å². The third-order valence-corrected chi connectivity index (χ3v) is 7.90. The Labute approximate surface area is 172 Å². The van der Waals surface area contributed by atoms with Gasteiger partial charge in [0.15, 0.2) is 0 Å². The molecule has 3 nitrogen and oxygen atoms in total. The number of amides is 1. The second-order valence-corrected chi connectivity index (χ2v) is 9.65. The van der Waals surface area contributed by atoms with Gasteiger partial charge >= 0.3 is 174 Å². The molecule has 0 saturated carbocycles. The van der Waals surface area contributed by atoms with Crippen LogP contribution in [0, 0.1) is 42.8 Å². The zero-order valence-corrected chi connectivity index (χ0v) is 22.5. The fraction of sp³-hybridized carbons (Fsp3) is 0.350. The van der Waals surface area contributed by atoms with E-state index < -0.39 is 0 Å². The summed E-state index contributed by atoms with van der Waals surface area (Å²) >= 11 is 0.314. The molecule has 1 aliphatic carbocycles. The molecule has 2 aromatic carbocycles. The molecule has 0 bridgehead atoms. The molecule has 1 fully saturated rings. The molecule has 4 heteroatoms. The third kappa shape index (κ3) is 3.10. The van der Waals surface area contributed by atoms with Gasteiger partial charge in [-0.15, -0.1) is 0 Å². The zero-order valence-electron chi connectivity index (χ0n) is 14.2. The van der Waals surface area contributed by atoms with Crippen molar-refractivity contribution in [2.24, 2.45) is 0 Å². The molecule has 0 radical (unpaired) electrons. The Bertz CT molecular complexity index is 707. The number of benzene rings is 2. The molecule has 120 valence electrons. The van der Waals surface area contributed by atoms with E-state index in [1.54, 1.807) is 0 Å². The molecule has 1 aliphatic heterocycles. The number of hydrogen-bond acceptors (Lipinski definition) is 2. The Kier molecular flexibility index (Phi) is 5.10. The summed E-state index contributed by atoms with van der Waals surface area (Å²) in [5.74, 6) is 0.379. The molecule has 0 N–H and O–H groups in total. The number of hydrogen-bond donors (Lipinski definition) is 0. The zero-order chi connectivity index (χ0) is 16.5. The molecule has 4 rings (SSSR count). The molecule has 1 amide bonds. The van der Waals surface area contributed by atoms with Crippen LogP contribution < -0.4 is 0 Å². The van der Waals surface area contributed by atoms with E-state index in [9.17, 15) is 4.79 Å². The summed E-state index contributed by atoms with van der Waals surface area (Å²) < 4.78 is 0.836. The van der Waals surface area contributed by atoms with Crippen molar-refractivity contribution in [2.45, 2.75) is 13.9 Å². The summed E-state index contributed by atoms with van der Waals surface area (Å²) in [6.45, 7) is 3.69. The Morgan fingerprint density at radius 2 is 1.46 bits per heavy atom. The van der Waals surface area contributed by atoms with Crippen LogP contribution >= 0.6 is 0 Å². The minimum atomic E-state index is 0.314. The number of carbonyl (C=O) groups excluding carboxylic acids is 1. The number of fused-ring (bicyclic) bond motifs is 2. The van der Waals surface area contributed by atoms with Crippen molar-refractivity contribution in [1.29, 1.82) is 0 Å². The van der Waals surface area contributed by atoms with E-state index in [1.807, 2.05) is 0 Å². The van der Waals surface area contributed by atoms with Crippen LogP contribution in [0.25, 0.3) is 0 Å². The first kappa shape index (κ1) is 16.8. The van der Waals surface area contributed by atoms with Gasteiger partial charge in [0.05, 0.1) is 0 Å². The van der Waals surface area contributed by atoms with Crippen molar-refractivity contribution in [3.05, 3.63) is 70.8 Å². The Balaban J connectivity index is 1.65. The van der Waals surface area contributed by atoms with E-state index in [1.165, 1.54) is 22.3 Å². The summed E-state index contributed by atoms with van der Waals surface area (Å²) in [6.07, 6.45) is 1.03. The molecular weight excluding hydrogens is 510 g/mol. The van der Waals surface area contributed by atoms with Crippen molar-refractivity contribution in [1.82, 2.24) is 9.80 Å². The molecule has 1 saturated heterocycles. The first-order valence-electron chi connectivity index (χ1n) is 8.95. The van der Waals surface area contributed by atoms with Crippen LogP contribution in [0.3, 0.4) is 0 Å².